The van der Waals surface area contributed by atoms with Gasteiger partial charge in [0.15, 0.2) is 0 Å². The van der Waals surface area contributed by atoms with Gasteiger partial charge >= 0.3 is 5.97 Å². The molecule has 1 aromatic heterocycles. The molecule has 0 atom stereocenters. The summed E-state index contributed by atoms with van der Waals surface area (Å²) in [5, 5.41) is 13.2. The molecule has 0 aliphatic rings. The summed E-state index contributed by atoms with van der Waals surface area (Å²) in [6, 6.07) is 0. The van der Waals surface area contributed by atoms with Crippen LogP contribution >= 0.6 is 23.1 Å². The molecule has 0 bridgehead atoms. The third kappa shape index (κ3) is 4.16. The molecule has 0 fully saturated rings. The highest BCUT2D eigenvalue weighted by atomic mass is 32.3. The summed E-state index contributed by atoms with van der Waals surface area (Å²) in [6.07, 6.45) is 1.39. The molecule has 0 saturated carbocycles. The number of rotatable bonds is 5. The van der Waals surface area contributed by atoms with Crippen LogP contribution in [-0.4, -0.2) is 30.2 Å². The topological polar surface area (TPSA) is 110 Å². The van der Waals surface area contributed by atoms with Crippen LogP contribution in [0.5, 0.6) is 0 Å². The maximum Gasteiger partial charge on any atom is 0.304 e. The predicted molar refractivity (Wildman–Crippen MR) is 56.5 cm³/mol. The van der Waals surface area contributed by atoms with Gasteiger partial charge in [0, 0.05) is 5.75 Å². The maximum absolute atomic E-state index is 10.9. The molecule has 0 amide bonds. The summed E-state index contributed by atoms with van der Waals surface area (Å²) in [7, 11) is -3.75. The lowest BCUT2D eigenvalue weighted by Crippen LogP contribution is -2.11. The largest absolute Gasteiger partial charge is 0.481 e. The highest BCUT2D eigenvalue weighted by Gasteiger charge is 2.13. The summed E-state index contributed by atoms with van der Waals surface area (Å²) in [5.41, 5.74) is 0. The van der Waals surface area contributed by atoms with E-state index in [-0.39, 0.29) is 10.8 Å². The second-order valence-corrected chi connectivity index (χ2v) is 6.64. The van der Waals surface area contributed by atoms with Gasteiger partial charge in [-0.1, -0.05) is 11.3 Å². The van der Waals surface area contributed by atoms with E-state index < -0.39 is 16.0 Å². The number of hydrogen-bond donors (Lipinski definition) is 2. The van der Waals surface area contributed by atoms with Crippen LogP contribution in [0.25, 0.3) is 0 Å². The molecule has 0 radical (unpaired) electrons. The van der Waals surface area contributed by atoms with Crippen LogP contribution in [-0.2, 0) is 14.8 Å². The van der Waals surface area contributed by atoms with E-state index in [1.165, 1.54) is 18.0 Å². The second-order valence-electron chi connectivity index (χ2n) is 2.48. The number of hydrogen-bond acceptors (Lipinski definition) is 6. The van der Waals surface area contributed by atoms with Crippen molar-refractivity contribution in [2.24, 2.45) is 5.14 Å². The number of nitrogens with two attached hydrogens (primary N) is 1. The Kier molecular flexibility index (Phi) is 4.08. The highest BCUT2D eigenvalue weighted by Crippen LogP contribution is 2.27. The number of nitrogens with zero attached hydrogens (tertiary/aromatic N) is 1. The Labute approximate surface area is 94.6 Å². The van der Waals surface area contributed by atoms with E-state index >= 15 is 0 Å². The van der Waals surface area contributed by atoms with Crippen LogP contribution in [0.15, 0.2) is 14.7 Å². The monoisotopic (exact) mass is 268 g/mol. The normalized spacial score (nSPS) is 11.5. The average molecular weight is 268 g/mol. The van der Waals surface area contributed by atoms with E-state index in [2.05, 4.69) is 4.98 Å². The van der Waals surface area contributed by atoms with E-state index in [4.69, 9.17) is 10.2 Å². The number of carboxylic acid groups (broad SMARTS) is 1. The van der Waals surface area contributed by atoms with Crippen molar-refractivity contribution < 1.29 is 18.3 Å². The summed E-state index contributed by atoms with van der Waals surface area (Å²) in [5.74, 6) is -0.514. The molecule has 0 aliphatic heterocycles. The van der Waals surface area contributed by atoms with Gasteiger partial charge < -0.3 is 5.11 Å². The summed E-state index contributed by atoms with van der Waals surface area (Å²) >= 11 is 2.18. The number of thiazole rings is 1. The van der Waals surface area contributed by atoms with Gasteiger partial charge in [-0.15, -0.1) is 11.8 Å². The van der Waals surface area contributed by atoms with E-state index in [0.29, 0.717) is 9.96 Å². The SMILES string of the molecule is NS(=O)(=O)c1ncc(SCCC(=O)O)s1. The van der Waals surface area contributed by atoms with E-state index in [1.807, 2.05) is 0 Å². The average Bonchev–Trinajstić information content (AvgIpc) is 2.51. The molecule has 9 heteroatoms. The molecule has 1 aromatic rings. The Bertz CT molecular complexity index is 453. The quantitative estimate of drug-likeness (QED) is 0.746. The van der Waals surface area contributed by atoms with Gasteiger partial charge in [-0.05, 0) is 0 Å². The van der Waals surface area contributed by atoms with Crippen LogP contribution in [0, 0.1) is 0 Å². The molecule has 6 nitrogen and oxygen atoms in total. The van der Waals surface area contributed by atoms with Crippen LogP contribution in [0.4, 0.5) is 0 Å². The Morgan fingerprint density at radius 2 is 2.33 bits per heavy atom. The van der Waals surface area contributed by atoms with Crippen LogP contribution in [0.2, 0.25) is 0 Å². The Morgan fingerprint density at radius 3 is 2.80 bits per heavy atom. The standard InChI is InChI=1S/C6H8N2O4S3/c7-15(11,12)6-8-3-5(14-6)13-2-1-4(9)10/h3H,1-2H2,(H,9,10)(H2,7,11,12). The van der Waals surface area contributed by atoms with Crippen LogP contribution in [0.3, 0.4) is 0 Å². The van der Waals surface area contributed by atoms with Crippen molar-refractivity contribution in [3.63, 3.8) is 0 Å². The minimum atomic E-state index is -3.75. The first-order valence-corrected chi connectivity index (χ1v) is 7.07. The number of carbonyl (C=O) groups is 1. The lowest BCUT2D eigenvalue weighted by atomic mass is 10.5. The van der Waals surface area contributed by atoms with Crippen molar-refractivity contribution in [2.45, 2.75) is 15.0 Å². The molecule has 0 unspecified atom stereocenters. The first-order chi connectivity index (χ1) is 6.89. The Balaban J connectivity index is 2.58. The van der Waals surface area contributed by atoms with Crippen molar-refractivity contribution in [3.05, 3.63) is 6.20 Å². The molecule has 0 spiro atoms. The minimum absolute atomic E-state index is 0.0211. The van der Waals surface area contributed by atoms with Crippen molar-refractivity contribution in [1.82, 2.24) is 4.98 Å². The third-order valence-electron chi connectivity index (χ3n) is 1.27. The number of primary sulfonamides is 1. The van der Waals surface area contributed by atoms with E-state index in [9.17, 15) is 13.2 Å². The van der Waals surface area contributed by atoms with Gasteiger partial charge in [-0.25, -0.2) is 18.5 Å². The smallest absolute Gasteiger partial charge is 0.304 e. The van der Waals surface area contributed by atoms with Crippen molar-refractivity contribution in [2.75, 3.05) is 5.75 Å². The van der Waals surface area contributed by atoms with Crippen LogP contribution in [0.1, 0.15) is 6.42 Å². The lowest BCUT2D eigenvalue weighted by Gasteiger charge is -1.92. The molecule has 0 aliphatic carbocycles. The number of aliphatic carboxylic acids is 1. The molecule has 0 aromatic carbocycles. The summed E-state index contributed by atoms with van der Waals surface area (Å²) in [4.78, 5) is 13.8. The highest BCUT2D eigenvalue weighted by molar-refractivity contribution is 8.01. The predicted octanol–water partition coefficient (Wildman–Crippen LogP) is 0.357. The van der Waals surface area contributed by atoms with Gasteiger partial charge in [0.1, 0.15) is 0 Å². The number of sulfonamides is 1. The van der Waals surface area contributed by atoms with Gasteiger partial charge in [-0.2, -0.15) is 0 Å². The molecule has 3 N–H and O–H groups in total. The fraction of sp³-hybridized carbons (Fsp3) is 0.333. The fourth-order valence-corrected chi connectivity index (χ4v) is 3.48. The lowest BCUT2D eigenvalue weighted by molar-refractivity contribution is -0.136. The van der Waals surface area contributed by atoms with Gasteiger partial charge in [-0.3, -0.25) is 4.79 Å². The molecule has 1 heterocycles. The molecular formula is C6H8N2O4S3. The summed E-state index contributed by atoms with van der Waals surface area (Å²) < 4.78 is 22.2. The van der Waals surface area contributed by atoms with Gasteiger partial charge in [0.05, 0.1) is 16.8 Å². The third-order valence-corrected chi connectivity index (χ3v) is 4.79. The molecule has 0 saturated heterocycles. The van der Waals surface area contributed by atoms with E-state index in [1.54, 1.807) is 0 Å². The number of carboxylic acids is 1. The second kappa shape index (κ2) is 4.92. The maximum atomic E-state index is 10.9. The first-order valence-electron chi connectivity index (χ1n) is 3.73. The summed E-state index contributed by atoms with van der Waals surface area (Å²) in [6.45, 7) is 0. The van der Waals surface area contributed by atoms with Gasteiger partial charge in [0.2, 0.25) is 4.34 Å². The van der Waals surface area contributed by atoms with Crippen molar-refractivity contribution in [1.29, 1.82) is 0 Å². The van der Waals surface area contributed by atoms with Crippen LogP contribution < -0.4 is 5.14 Å². The van der Waals surface area contributed by atoms with Gasteiger partial charge in [0.25, 0.3) is 10.0 Å². The molecule has 84 valence electrons. The molecule has 1 rings (SSSR count). The number of aromatic nitrogens is 1. The Hall–Kier alpha value is -0.640. The van der Waals surface area contributed by atoms with Crippen molar-refractivity contribution in [3.8, 4) is 0 Å². The van der Waals surface area contributed by atoms with E-state index in [0.717, 1.165) is 11.3 Å². The molecule has 15 heavy (non-hydrogen) atoms. The minimum Gasteiger partial charge on any atom is -0.481 e. The first kappa shape index (κ1) is 12.4. The fourth-order valence-electron chi connectivity index (χ4n) is 0.681. The zero-order chi connectivity index (χ0) is 11.5. The zero-order valence-electron chi connectivity index (χ0n) is 7.41. The number of thioether (sulfide) groups is 1. The Morgan fingerprint density at radius 1 is 1.67 bits per heavy atom. The van der Waals surface area contributed by atoms with Crippen molar-refractivity contribution >= 4 is 39.1 Å². The molecular weight excluding hydrogens is 260 g/mol. The zero-order valence-corrected chi connectivity index (χ0v) is 9.86.